The van der Waals surface area contributed by atoms with Gasteiger partial charge in [-0.3, -0.25) is 4.79 Å². The normalized spacial score (nSPS) is 10.7. The van der Waals surface area contributed by atoms with Crippen LogP contribution in [0.25, 0.3) is 6.08 Å². The predicted octanol–water partition coefficient (Wildman–Crippen LogP) is 1.83. The smallest absolute Gasteiger partial charge is 0.330 e. The molecule has 1 heterocycles. The fourth-order valence-corrected chi connectivity index (χ4v) is 1.41. The van der Waals surface area contributed by atoms with Crippen molar-refractivity contribution in [3.8, 4) is 0 Å². The number of hydrogen-bond acceptors (Lipinski definition) is 3. The number of hydrogen-bond donors (Lipinski definition) is 0. The fraction of sp³-hybridized carbons (Fsp3) is 0.385. The Hall–Kier alpha value is -1.84. The number of rotatable bonds is 5. The van der Waals surface area contributed by atoms with Gasteiger partial charge in [-0.2, -0.15) is 0 Å². The molecule has 4 heteroatoms. The van der Waals surface area contributed by atoms with Crippen LogP contribution >= 0.6 is 0 Å². The zero-order valence-electron chi connectivity index (χ0n) is 10.2. The van der Waals surface area contributed by atoms with E-state index in [1.54, 1.807) is 29.8 Å². The number of aromatic nitrogens is 1. The summed E-state index contributed by atoms with van der Waals surface area (Å²) in [7, 11) is 0. The lowest BCUT2D eigenvalue weighted by molar-refractivity contribution is -0.137. The summed E-state index contributed by atoms with van der Waals surface area (Å²) in [5.74, 6) is -0.398. The van der Waals surface area contributed by atoms with Gasteiger partial charge in [0.1, 0.15) is 0 Å². The Kier molecular flexibility index (Phi) is 5.20. The predicted molar refractivity (Wildman–Crippen MR) is 66.7 cm³/mol. The molecular formula is C13H17NO3. The van der Waals surface area contributed by atoms with E-state index in [9.17, 15) is 9.59 Å². The minimum Gasteiger partial charge on any atom is -0.463 e. The molecule has 0 saturated carbocycles. The second-order valence-electron chi connectivity index (χ2n) is 3.58. The van der Waals surface area contributed by atoms with Crippen molar-refractivity contribution in [2.24, 2.45) is 0 Å². The standard InChI is InChI=1S/C13H17NO3/c1-3-8-14-9-7-11(10-12(14)15)5-6-13(16)17-4-2/h5-7,9-10H,3-4,8H2,1-2H3/b6-5+. The molecule has 0 aromatic carbocycles. The van der Waals surface area contributed by atoms with E-state index in [1.165, 1.54) is 12.1 Å². The van der Waals surface area contributed by atoms with Crippen molar-refractivity contribution in [3.05, 3.63) is 40.3 Å². The second-order valence-corrected chi connectivity index (χ2v) is 3.58. The lowest BCUT2D eigenvalue weighted by atomic mass is 10.2. The molecule has 1 rings (SSSR count). The summed E-state index contributed by atoms with van der Waals surface area (Å²) in [5, 5.41) is 0. The van der Waals surface area contributed by atoms with Gasteiger partial charge in [0.05, 0.1) is 6.61 Å². The summed E-state index contributed by atoms with van der Waals surface area (Å²) in [4.78, 5) is 22.7. The number of carbonyl (C=O) groups is 1. The molecule has 0 radical (unpaired) electrons. The Balaban J connectivity index is 2.77. The second kappa shape index (κ2) is 6.68. The van der Waals surface area contributed by atoms with Gasteiger partial charge in [0.2, 0.25) is 0 Å². The molecule has 0 amide bonds. The zero-order valence-corrected chi connectivity index (χ0v) is 10.2. The van der Waals surface area contributed by atoms with Crippen LogP contribution in [0.5, 0.6) is 0 Å². The van der Waals surface area contributed by atoms with Gasteiger partial charge in [-0.15, -0.1) is 0 Å². The Bertz CT molecular complexity index is 460. The van der Waals surface area contributed by atoms with Gasteiger partial charge in [0, 0.05) is 24.9 Å². The average Bonchev–Trinajstić information content (AvgIpc) is 2.30. The van der Waals surface area contributed by atoms with E-state index in [-0.39, 0.29) is 5.56 Å². The maximum absolute atomic E-state index is 11.6. The molecule has 0 unspecified atom stereocenters. The van der Waals surface area contributed by atoms with E-state index in [1.807, 2.05) is 6.92 Å². The van der Waals surface area contributed by atoms with Crippen LogP contribution in [-0.4, -0.2) is 17.1 Å². The van der Waals surface area contributed by atoms with Gasteiger partial charge >= 0.3 is 5.97 Å². The van der Waals surface area contributed by atoms with Crippen LogP contribution in [0, 0.1) is 0 Å². The monoisotopic (exact) mass is 235 g/mol. The van der Waals surface area contributed by atoms with Crippen molar-refractivity contribution in [3.63, 3.8) is 0 Å². The van der Waals surface area contributed by atoms with E-state index < -0.39 is 5.97 Å². The van der Waals surface area contributed by atoms with Gasteiger partial charge in [-0.25, -0.2) is 4.79 Å². The average molecular weight is 235 g/mol. The van der Waals surface area contributed by atoms with Crippen molar-refractivity contribution < 1.29 is 9.53 Å². The third kappa shape index (κ3) is 4.26. The van der Waals surface area contributed by atoms with E-state index >= 15 is 0 Å². The Morgan fingerprint density at radius 3 is 2.82 bits per heavy atom. The van der Waals surface area contributed by atoms with Gasteiger partial charge in [0.25, 0.3) is 5.56 Å². The summed E-state index contributed by atoms with van der Waals surface area (Å²) < 4.78 is 6.39. The number of carbonyl (C=O) groups excluding carboxylic acids is 1. The fourth-order valence-electron chi connectivity index (χ4n) is 1.41. The lowest BCUT2D eigenvalue weighted by Crippen LogP contribution is -2.18. The Morgan fingerprint density at radius 2 is 2.24 bits per heavy atom. The first-order valence-corrected chi connectivity index (χ1v) is 5.72. The molecular weight excluding hydrogens is 218 g/mol. The maximum atomic E-state index is 11.6. The van der Waals surface area contributed by atoms with Crippen molar-refractivity contribution in [1.29, 1.82) is 0 Å². The molecule has 0 saturated heterocycles. The highest BCUT2D eigenvalue weighted by molar-refractivity contribution is 5.86. The third-order valence-corrected chi connectivity index (χ3v) is 2.18. The summed E-state index contributed by atoms with van der Waals surface area (Å²) in [6, 6.07) is 3.30. The number of ether oxygens (including phenoxy) is 1. The van der Waals surface area contributed by atoms with Crippen LogP contribution in [-0.2, 0) is 16.1 Å². The Morgan fingerprint density at radius 1 is 1.47 bits per heavy atom. The molecule has 92 valence electrons. The summed E-state index contributed by atoms with van der Waals surface area (Å²) >= 11 is 0. The molecule has 4 nitrogen and oxygen atoms in total. The van der Waals surface area contributed by atoms with Gasteiger partial charge in [0.15, 0.2) is 0 Å². The van der Waals surface area contributed by atoms with Crippen LogP contribution in [0.2, 0.25) is 0 Å². The molecule has 0 atom stereocenters. The first-order chi connectivity index (χ1) is 8.17. The minimum absolute atomic E-state index is 0.0575. The zero-order chi connectivity index (χ0) is 12.7. The highest BCUT2D eigenvalue weighted by Gasteiger charge is 1.97. The van der Waals surface area contributed by atoms with Crippen molar-refractivity contribution in [1.82, 2.24) is 4.57 Å². The minimum atomic E-state index is -0.398. The molecule has 0 bridgehead atoms. The summed E-state index contributed by atoms with van der Waals surface area (Å²) in [6.45, 7) is 4.82. The van der Waals surface area contributed by atoms with Crippen LogP contribution in [0.3, 0.4) is 0 Å². The highest BCUT2D eigenvalue weighted by Crippen LogP contribution is 1.99. The number of pyridine rings is 1. The maximum Gasteiger partial charge on any atom is 0.330 e. The van der Waals surface area contributed by atoms with Crippen LogP contribution in [0.4, 0.5) is 0 Å². The number of aryl methyl sites for hydroxylation is 1. The van der Waals surface area contributed by atoms with E-state index in [0.717, 1.165) is 6.42 Å². The van der Waals surface area contributed by atoms with E-state index in [4.69, 9.17) is 4.74 Å². The Labute approximate surface area is 101 Å². The van der Waals surface area contributed by atoms with E-state index in [0.29, 0.717) is 18.7 Å². The molecule has 17 heavy (non-hydrogen) atoms. The topological polar surface area (TPSA) is 48.3 Å². The van der Waals surface area contributed by atoms with Crippen molar-refractivity contribution >= 4 is 12.0 Å². The lowest BCUT2D eigenvalue weighted by Gasteiger charge is -2.02. The van der Waals surface area contributed by atoms with Crippen LogP contribution < -0.4 is 5.56 Å². The molecule has 0 aliphatic carbocycles. The summed E-state index contributed by atoms with van der Waals surface area (Å²) in [5.41, 5.74) is 0.647. The molecule has 0 N–H and O–H groups in total. The van der Waals surface area contributed by atoms with Gasteiger partial charge in [-0.1, -0.05) is 6.92 Å². The third-order valence-electron chi connectivity index (χ3n) is 2.18. The number of nitrogens with zero attached hydrogens (tertiary/aromatic N) is 1. The first-order valence-electron chi connectivity index (χ1n) is 5.72. The van der Waals surface area contributed by atoms with Crippen molar-refractivity contribution in [2.75, 3.05) is 6.61 Å². The molecule has 1 aromatic heterocycles. The highest BCUT2D eigenvalue weighted by atomic mass is 16.5. The van der Waals surface area contributed by atoms with Crippen LogP contribution in [0.1, 0.15) is 25.8 Å². The van der Waals surface area contributed by atoms with E-state index in [2.05, 4.69) is 0 Å². The van der Waals surface area contributed by atoms with Crippen LogP contribution in [0.15, 0.2) is 29.2 Å². The molecule has 1 aromatic rings. The molecule has 0 aliphatic heterocycles. The first kappa shape index (κ1) is 13.2. The molecule has 0 aliphatic rings. The molecule has 0 spiro atoms. The summed E-state index contributed by atoms with van der Waals surface area (Å²) in [6.07, 6.45) is 5.55. The largest absolute Gasteiger partial charge is 0.463 e. The number of esters is 1. The quantitative estimate of drug-likeness (QED) is 0.578. The molecule has 0 fully saturated rings. The SMILES string of the molecule is CCCn1ccc(/C=C/C(=O)OCC)cc1=O. The van der Waals surface area contributed by atoms with Gasteiger partial charge < -0.3 is 9.30 Å². The van der Waals surface area contributed by atoms with Gasteiger partial charge in [-0.05, 0) is 31.1 Å². The van der Waals surface area contributed by atoms with Crippen molar-refractivity contribution in [2.45, 2.75) is 26.8 Å².